The average molecular weight is 225 g/mol. The monoisotopic (exact) mass is 224 g/mol. The highest BCUT2D eigenvalue weighted by atomic mass is 35.5. The van der Waals surface area contributed by atoms with Crippen molar-refractivity contribution in [3.63, 3.8) is 0 Å². The van der Waals surface area contributed by atoms with Gasteiger partial charge in [-0.1, -0.05) is 11.6 Å². The van der Waals surface area contributed by atoms with E-state index in [-0.39, 0.29) is 0 Å². The van der Waals surface area contributed by atoms with Crippen LogP contribution < -0.4 is 4.90 Å². The van der Waals surface area contributed by atoms with E-state index >= 15 is 0 Å². The van der Waals surface area contributed by atoms with Gasteiger partial charge in [0.1, 0.15) is 11.0 Å². The maximum Gasteiger partial charge on any atom is 0.149 e. The van der Waals surface area contributed by atoms with Gasteiger partial charge in [-0.05, 0) is 13.5 Å². The van der Waals surface area contributed by atoms with Crippen LogP contribution in [0.15, 0.2) is 12.4 Å². The largest absolute Gasteiger partial charge is 0.349 e. The topological polar surface area (TPSA) is 32.3 Å². The number of hydrogen-bond acceptors (Lipinski definition) is 4. The van der Waals surface area contributed by atoms with Gasteiger partial charge in [-0.3, -0.25) is 9.88 Å². The Balaban J connectivity index is 1.86. The average Bonchev–Trinajstić information content (AvgIpc) is 2.76. The van der Waals surface area contributed by atoms with Crippen LogP contribution in [0.5, 0.6) is 0 Å². The van der Waals surface area contributed by atoms with E-state index in [4.69, 9.17) is 11.6 Å². The highest BCUT2D eigenvalue weighted by molar-refractivity contribution is 6.29. The molecule has 4 nitrogen and oxygen atoms in total. The molecule has 2 saturated heterocycles. The van der Waals surface area contributed by atoms with Crippen molar-refractivity contribution in [3.05, 3.63) is 17.5 Å². The minimum absolute atomic E-state index is 0.476. The second kappa shape index (κ2) is 3.32. The fourth-order valence-electron chi connectivity index (χ4n) is 2.62. The van der Waals surface area contributed by atoms with Crippen molar-refractivity contribution in [2.45, 2.75) is 18.5 Å². The molecule has 80 valence electrons. The quantitative estimate of drug-likeness (QED) is 0.713. The molecule has 3 heterocycles. The zero-order valence-corrected chi connectivity index (χ0v) is 9.35. The third-order valence-electron chi connectivity index (χ3n) is 3.40. The predicted octanol–water partition coefficient (Wildman–Crippen LogP) is 1.02. The number of fused-ring (bicyclic) bond motifs is 2. The van der Waals surface area contributed by atoms with E-state index in [1.807, 2.05) is 0 Å². The van der Waals surface area contributed by atoms with Gasteiger partial charge in [0.25, 0.3) is 0 Å². The molecule has 0 aliphatic carbocycles. The molecule has 3 rings (SSSR count). The lowest BCUT2D eigenvalue weighted by atomic mass is 10.2. The Morgan fingerprint density at radius 1 is 1.33 bits per heavy atom. The van der Waals surface area contributed by atoms with E-state index in [1.165, 1.54) is 6.42 Å². The SMILES string of the molecule is CN1C[C@@H]2CC1CN2c1cncc(Cl)n1. The third kappa shape index (κ3) is 1.48. The molecule has 0 N–H and O–H groups in total. The van der Waals surface area contributed by atoms with Crippen LogP contribution in [0.4, 0.5) is 5.82 Å². The summed E-state index contributed by atoms with van der Waals surface area (Å²) in [6.07, 6.45) is 4.61. The smallest absolute Gasteiger partial charge is 0.149 e. The van der Waals surface area contributed by atoms with Gasteiger partial charge in [-0.2, -0.15) is 0 Å². The van der Waals surface area contributed by atoms with Gasteiger partial charge < -0.3 is 4.90 Å². The Labute approximate surface area is 93.9 Å². The molecule has 1 aromatic rings. The van der Waals surface area contributed by atoms with Crippen molar-refractivity contribution < 1.29 is 0 Å². The molecule has 0 aromatic carbocycles. The number of likely N-dealkylation sites (tertiary alicyclic amines) is 1. The van der Waals surface area contributed by atoms with Gasteiger partial charge in [0.15, 0.2) is 0 Å². The Bertz CT molecular complexity index is 381. The minimum atomic E-state index is 0.476. The summed E-state index contributed by atoms with van der Waals surface area (Å²) in [6.45, 7) is 2.18. The number of piperazine rings is 1. The normalized spacial score (nSPS) is 30.1. The Morgan fingerprint density at radius 2 is 2.20 bits per heavy atom. The summed E-state index contributed by atoms with van der Waals surface area (Å²) in [6, 6.07) is 1.27. The van der Waals surface area contributed by atoms with Crippen molar-refractivity contribution in [2.24, 2.45) is 0 Å². The molecule has 2 fully saturated rings. The van der Waals surface area contributed by atoms with Gasteiger partial charge in [-0.15, -0.1) is 0 Å². The third-order valence-corrected chi connectivity index (χ3v) is 3.58. The van der Waals surface area contributed by atoms with E-state index in [9.17, 15) is 0 Å². The second-order valence-corrected chi connectivity index (χ2v) is 4.72. The molecule has 0 spiro atoms. The molecule has 1 unspecified atom stereocenters. The lowest BCUT2D eigenvalue weighted by Crippen LogP contribution is -2.44. The highest BCUT2D eigenvalue weighted by Crippen LogP contribution is 2.32. The van der Waals surface area contributed by atoms with Gasteiger partial charge in [0.2, 0.25) is 0 Å². The van der Waals surface area contributed by atoms with Gasteiger partial charge >= 0.3 is 0 Å². The molecular weight excluding hydrogens is 212 g/mol. The van der Waals surface area contributed by atoms with Crippen molar-refractivity contribution in [3.8, 4) is 0 Å². The number of nitrogens with zero attached hydrogens (tertiary/aromatic N) is 4. The highest BCUT2D eigenvalue weighted by Gasteiger charge is 2.41. The molecular formula is C10H13ClN4. The summed E-state index contributed by atoms with van der Waals surface area (Å²) < 4.78 is 0. The summed E-state index contributed by atoms with van der Waals surface area (Å²) >= 11 is 5.84. The standard InChI is InChI=1S/C10H13ClN4/c1-14-5-8-2-7(14)6-15(8)10-4-12-3-9(11)13-10/h3-4,7-8H,2,5-6H2,1H3/t7?,8-/m0/s1. The number of hydrogen-bond donors (Lipinski definition) is 0. The summed E-state index contributed by atoms with van der Waals surface area (Å²) in [5.41, 5.74) is 0. The van der Waals surface area contributed by atoms with Crippen LogP contribution in [-0.4, -0.2) is 47.1 Å². The summed E-state index contributed by atoms with van der Waals surface area (Å²) in [5.74, 6) is 0.920. The van der Waals surface area contributed by atoms with Gasteiger partial charge in [0.05, 0.1) is 12.4 Å². The van der Waals surface area contributed by atoms with Crippen LogP contribution in [0.2, 0.25) is 5.15 Å². The van der Waals surface area contributed by atoms with Crippen LogP contribution in [0.25, 0.3) is 0 Å². The van der Waals surface area contributed by atoms with Crippen molar-refractivity contribution >= 4 is 17.4 Å². The minimum Gasteiger partial charge on any atom is -0.349 e. The van der Waals surface area contributed by atoms with Crippen molar-refractivity contribution in [2.75, 3.05) is 25.0 Å². The summed E-state index contributed by atoms with van der Waals surface area (Å²) in [7, 11) is 2.19. The Hall–Kier alpha value is -0.870. The van der Waals surface area contributed by atoms with Crippen LogP contribution in [0.1, 0.15) is 6.42 Å². The molecule has 0 saturated carbocycles. The predicted molar refractivity (Wildman–Crippen MR) is 59.2 cm³/mol. The zero-order valence-electron chi connectivity index (χ0n) is 8.60. The molecule has 0 amide bonds. The number of anilines is 1. The zero-order chi connectivity index (χ0) is 10.4. The van der Waals surface area contributed by atoms with Gasteiger partial charge in [-0.25, -0.2) is 4.98 Å². The number of rotatable bonds is 1. The fourth-order valence-corrected chi connectivity index (χ4v) is 2.76. The maximum absolute atomic E-state index is 5.84. The summed E-state index contributed by atoms with van der Waals surface area (Å²) in [5, 5.41) is 0.476. The maximum atomic E-state index is 5.84. The first-order valence-electron chi connectivity index (χ1n) is 5.18. The molecule has 0 radical (unpaired) electrons. The van der Waals surface area contributed by atoms with E-state index in [0.717, 1.165) is 18.9 Å². The fraction of sp³-hybridized carbons (Fsp3) is 0.600. The Kier molecular flexibility index (Phi) is 2.07. The van der Waals surface area contributed by atoms with E-state index in [0.29, 0.717) is 17.2 Å². The number of aromatic nitrogens is 2. The second-order valence-electron chi connectivity index (χ2n) is 4.34. The van der Waals surface area contributed by atoms with E-state index < -0.39 is 0 Å². The first kappa shape index (κ1) is 9.36. The van der Waals surface area contributed by atoms with E-state index in [2.05, 4.69) is 26.8 Å². The molecule has 15 heavy (non-hydrogen) atoms. The first-order chi connectivity index (χ1) is 7.24. The van der Waals surface area contributed by atoms with Gasteiger partial charge in [0, 0.05) is 25.2 Å². The van der Waals surface area contributed by atoms with Crippen LogP contribution in [-0.2, 0) is 0 Å². The van der Waals surface area contributed by atoms with Crippen LogP contribution >= 0.6 is 11.6 Å². The molecule has 2 bridgehead atoms. The molecule has 2 aliphatic heterocycles. The number of likely N-dealkylation sites (N-methyl/N-ethyl adjacent to an activating group) is 1. The molecule has 1 aromatic heterocycles. The van der Waals surface area contributed by atoms with Crippen molar-refractivity contribution in [1.82, 2.24) is 14.9 Å². The van der Waals surface area contributed by atoms with Crippen molar-refractivity contribution in [1.29, 1.82) is 0 Å². The molecule has 2 atom stereocenters. The number of halogens is 1. The molecule has 5 heteroatoms. The van der Waals surface area contributed by atoms with Crippen LogP contribution in [0.3, 0.4) is 0 Å². The van der Waals surface area contributed by atoms with E-state index in [1.54, 1.807) is 12.4 Å². The lowest BCUT2D eigenvalue weighted by molar-refractivity contribution is 0.292. The first-order valence-corrected chi connectivity index (χ1v) is 5.56. The Morgan fingerprint density at radius 3 is 2.80 bits per heavy atom. The summed E-state index contributed by atoms with van der Waals surface area (Å²) in [4.78, 5) is 13.1. The lowest BCUT2D eigenvalue weighted by Gasteiger charge is -2.32. The molecule has 2 aliphatic rings. The van der Waals surface area contributed by atoms with Crippen LogP contribution in [0, 0.1) is 0 Å².